The number of halogens is 1. The number of hydrogen-bond donors (Lipinski definition) is 1. The van der Waals surface area contributed by atoms with E-state index in [4.69, 9.17) is 21.4 Å². The third-order valence-electron chi connectivity index (χ3n) is 1.89. The Morgan fingerprint density at radius 2 is 2.19 bits per heavy atom. The molecular formula is C11H14ClNO3. The third-order valence-corrected chi connectivity index (χ3v) is 2.18. The third kappa shape index (κ3) is 3.38. The summed E-state index contributed by atoms with van der Waals surface area (Å²) < 4.78 is 4.97. The summed E-state index contributed by atoms with van der Waals surface area (Å²) in [5.74, 6) is -0.670. The van der Waals surface area contributed by atoms with Crippen molar-refractivity contribution in [2.75, 3.05) is 6.61 Å². The molecule has 88 valence electrons. The molecular weight excluding hydrogens is 230 g/mol. The maximum absolute atomic E-state index is 10.3. The first-order chi connectivity index (χ1) is 7.30. The van der Waals surface area contributed by atoms with E-state index < -0.39 is 12.6 Å². The molecule has 1 rings (SSSR count). The fourth-order valence-electron chi connectivity index (χ4n) is 1.20. The van der Waals surface area contributed by atoms with Gasteiger partial charge in [0.2, 0.25) is 0 Å². The second-order valence-corrected chi connectivity index (χ2v) is 4.84. The van der Waals surface area contributed by atoms with Gasteiger partial charge in [0.1, 0.15) is 5.75 Å². The highest BCUT2D eigenvalue weighted by atomic mass is 35.5. The van der Waals surface area contributed by atoms with Crippen LogP contribution in [-0.4, -0.2) is 22.7 Å². The van der Waals surface area contributed by atoms with Crippen molar-refractivity contribution in [1.82, 2.24) is 4.98 Å². The average Bonchev–Trinajstić information content (AvgIpc) is 2.12. The van der Waals surface area contributed by atoms with Gasteiger partial charge in [0.15, 0.2) is 6.61 Å². The summed E-state index contributed by atoms with van der Waals surface area (Å²) in [5.41, 5.74) is 0.611. The Morgan fingerprint density at radius 3 is 2.62 bits per heavy atom. The summed E-state index contributed by atoms with van der Waals surface area (Å²) in [6, 6.07) is 1.58. The molecule has 0 atom stereocenters. The molecule has 4 nitrogen and oxygen atoms in total. The van der Waals surface area contributed by atoms with Gasteiger partial charge < -0.3 is 9.84 Å². The highest BCUT2D eigenvalue weighted by molar-refractivity contribution is 6.31. The Morgan fingerprint density at radius 1 is 1.56 bits per heavy atom. The molecule has 0 spiro atoms. The number of ether oxygens (including phenoxy) is 1. The van der Waals surface area contributed by atoms with E-state index in [0.717, 1.165) is 5.69 Å². The van der Waals surface area contributed by atoms with Gasteiger partial charge in [0.05, 0.1) is 16.9 Å². The summed E-state index contributed by atoms with van der Waals surface area (Å²) in [7, 11) is 0. The zero-order valence-electron chi connectivity index (χ0n) is 9.45. The number of nitrogens with zero attached hydrogens (tertiary/aromatic N) is 1. The highest BCUT2D eigenvalue weighted by Crippen LogP contribution is 2.29. The van der Waals surface area contributed by atoms with Crippen LogP contribution < -0.4 is 4.74 Å². The fourth-order valence-corrected chi connectivity index (χ4v) is 1.64. The normalized spacial score (nSPS) is 11.2. The van der Waals surface area contributed by atoms with Crippen LogP contribution in [0.3, 0.4) is 0 Å². The Hall–Kier alpha value is -1.29. The van der Waals surface area contributed by atoms with E-state index in [1.54, 1.807) is 6.07 Å². The van der Waals surface area contributed by atoms with E-state index in [0.29, 0.717) is 10.8 Å². The summed E-state index contributed by atoms with van der Waals surface area (Å²) in [4.78, 5) is 14.5. The minimum atomic E-state index is -1.03. The molecule has 0 aliphatic rings. The van der Waals surface area contributed by atoms with Gasteiger partial charge in [-0.1, -0.05) is 32.4 Å². The van der Waals surface area contributed by atoms with Gasteiger partial charge in [-0.15, -0.1) is 0 Å². The summed E-state index contributed by atoms with van der Waals surface area (Å²) in [5, 5.41) is 8.93. The molecule has 1 heterocycles. The van der Waals surface area contributed by atoms with Crippen LogP contribution in [0.1, 0.15) is 26.5 Å². The van der Waals surface area contributed by atoms with Gasteiger partial charge in [-0.05, 0) is 0 Å². The molecule has 0 aliphatic carbocycles. The minimum Gasteiger partial charge on any atom is -0.480 e. The molecule has 16 heavy (non-hydrogen) atoms. The van der Waals surface area contributed by atoms with Gasteiger partial charge in [0, 0.05) is 11.5 Å². The van der Waals surface area contributed by atoms with Crippen LogP contribution in [0.2, 0.25) is 5.02 Å². The van der Waals surface area contributed by atoms with Gasteiger partial charge >= 0.3 is 5.97 Å². The van der Waals surface area contributed by atoms with E-state index in [2.05, 4.69) is 4.98 Å². The Kier molecular flexibility index (Phi) is 3.75. The van der Waals surface area contributed by atoms with Crippen molar-refractivity contribution in [2.24, 2.45) is 0 Å². The largest absolute Gasteiger partial charge is 0.480 e. The van der Waals surface area contributed by atoms with E-state index in [1.807, 2.05) is 20.8 Å². The van der Waals surface area contributed by atoms with Crippen molar-refractivity contribution in [3.05, 3.63) is 23.0 Å². The van der Waals surface area contributed by atoms with Gasteiger partial charge in [-0.2, -0.15) is 0 Å². The van der Waals surface area contributed by atoms with Crippen molar-refractivity contribution >= 4 is 17.6 Å². The minimum absolute atomic E-state index is 0.150. The van der Waals surface area contributed by atoms with Crippen LogP contribution in [0.25, 0.3) is 0 Å². The number of carboxylic acid groups (broad SMARTS) is 1. The van der Waals surface area contributed by atoms with Crippen LogP contribution in [-0.2, 0) is 10.2 Å². The molecule has 0 saturated carbocycles. The summed E-state index contributed by atoms with van der Waals surface area (Å²) >= 11 is 6.04. The van der Waals surface area contributed by atoms with E-state index in [9.17, 15) is 4.79 Å². The van der Waals surface area contributed by atoms with Crippen LogP contribution in [0.15, 0.2) is 12.3 Å². The van der Waals surface area contributed by atoms with Crippen LogP contribution in [0.5, 0.6) is 5.75 Å². The lowest BCUT2D eigenvalue weighted by molar-refractivity contribution is -0.139. The molecule has 0 amide bonds. The molecule has 0 saturated heterocycles. The number of pyridine rings is 1. The molecule has 0 bridgehead atoms. The maximum Gasteiger partial charge on any atom is 0.341 e. The van der Waals surface area contributed by atoms with Crippen molar-refractivity contribution < 1.29 is 14.6 Å². The van der Waals surface area contributed by atoms with Gasteiger partial charge in [0.25, 0.3) is 0 Å². The standard InChI is InChI=1S/C11H14ClNO3/c1-11(2,3)10-8(12)4-7(5-13-10)16-6-9(14)15/h4-5H,6H2,1-3H3,(H,14,15). The molecule has 0 aromatic carbocycles. The SMILES string of the molecule is CC(C)(C)c1ncc(OCC(=O)O)cc1Cl. The average molecular weight is 244 g/mol. The quantitative estimate of drug-likeness (QED) is 0.886. The van der Waals surface area contributed by atoms with E-state index in [1.165, 1.54) is 6.20 Å². The summed E-state index contributed by atoms with van der Waals surface area (Å²) in [6.45, 7) is 5.60. The first-order valence-electron chi connectivity index (χ1n) is 4.81. The number of aromatic nitrogens is 1. The lowest BCUT2D eigenvalue weighted by atomic mass is 9.91. The van der Waals surface area contributed by atoms with Gasteiger partial charge in [-0.25, -0.2) is 4.79 Å². The molecule has 1 aromatic rings. The highest BCUT2D eigenvalue weighted by Gasteiger charge is 2.19. The fraction of sp³-hybridized carbons (Fsp3) is 0.455. The predicted molar refractivity (Wildman–Crippen MR) is 61.1 cm³/mol. The number of aliphatic carboxylic acids is 1. The monoisotopic (exact) mass is 243 g/mol. The van der Waals surface area contributed by atoms with Crippen LogP contribution in [0.4, 0.5) is 0 Å². The summed E-state index contributed by atoms with van der Waals surface area (Å²) in [6.07, 6.45) is 1.48. The number of rotatable bonds is 3. The molecule has 5 heteroatoms. The molecule has 0 fully saturated rings. The van der Waals surface area contributed by atoms with Crippen molar-refractivity contribution in [3.63, 3.8) is 0 Å². The van der Waals surface area contributed by atoms with Crippen molar-refractivity contribution in [2.45, 2.75) is 26.2 Å². The zero-order chi connectivity index (χ0) is 12.3. The lowest BCUT2D eigenvalue weighted by Crippen LogP contribution is -2.15. The van der Waals surface area contributed by atoms with Crippen molar-refractivity contribution in [1.29, 1.82) is 0 Å². The smallest absolute Gasteiger partial charge is 0.341 e. The zero-order valence-corrected chi connectivity index (χ0v) is 10.2. The lowest BCUT2D eigenvalue weighted by Gasteiger charge is -2.19. The maximum atomic E-state index is 10.3. The molecule has 1 N–H and O–H groups in total. The second-order valence-electron chi connectivity index (χ2n) is 4.43. The number of carboxylic acids is 1. The number of hydrogen-bond acceptors (Lipinski definition) is 3. The molecule has 0 unspecified atom stereocenters. The van der Waals surface area contributed by atoms with Crippen LogP contribution in [0, 0.1) is 0 Å². The Bertz CT molecular complexity index is 399. The first kappa shape index (κ1) is 12.8. The van der Waals surface area contributed by atoms with Crippen LogP contribution >= 0.6 is 11.6 Å². The topological polar surface area (TPSA) is 59.4 Å². The first-order valence-corrected chi connectivity index (χ1v) is 5.19. The van der Waals surface area contributed by atoms with E-state index in [-0.39, 0.29) is 5.41 Å². The predicted octanol–water partition coefficient (Wildman–Crippen LogP) is 2.50. The Balaban J connectivity index is 2.87. The van der Waals surface area contributed by atoms with Crippen molar-refractivity contribution in [3.8, 4) is 5.75 Å². The molecule has 1 aromatic heterocycles. The molecule has 0 aliphatic heterocycles. The van der Waals surface area contributed by atoms with Gasteiger partial charge in [-0.3, -0.25) is 4.98 Å². The Labute approximate surface area is 99.2 Å². The van der Waals surface area contributed by atoms with E-state index >= 15 is 0 Å². The molecule has 0 radical (unpaired) electrons. The second kappa shape index (κ2) is 4.70. The number of carbonyl (C=O) groups is 1.